The summed E-state index contributed by atoms with van der Waals surface area (Å²) in [6, 6.07) is 6.25. The molecule has 0 amide bonds. The third kappa shape index (κ3) is 3.37. The molecule has 0 aliphatic heterocycles. The van der Waals surface area contributed by atoms with Crippen LogP contribution in [-0.2, 0) is 6.42 Å². The fourth-order valence-corrected chi connectivity index (χ4v) is 2.19. The SMILES string of the molecule is Cc1ccc(OCCCc2c(C)n[nH]c2C)cc1C. The molecule has 1 N–H and O–H groups in total. The van der Waals surface area contributed by atoms with E-state index in [0.29, 0.717) is 0 Å². The Hall–Kier alpha value is -1.77. The Labute approximate surface area is 115 Å². The molecule has 0 spiro atoms. The van der Waals surface area contributed by atoms with Crippen molar-refractivity contribution in [3.8, 4) is 5.75 Å². The van der Waals surface area contributed by atoms with E-state index in [1.54, 1.807) is 0 Å². The fourth-order valence-electron chi connectivity index (χ4n) is 2.19. The van der Waals surface area contributed by atoms with Gasteiger partial charge in [-0.1, -0.05) is 6.07 Å². The fraction of sp³-hybridized carbons (Fsp3) is 0.438. The molecule has 0 bridgehead atoms. The minimum absolute atomic E-state index is 0.743. The molecule has 2 aromatic rings. The summed E-state index contributed by atoms with van der Waals surface area (Å²) in [5.74, 6) is 0.962. The standard InChI is InChI=1S/C16H22N2O/c1-11-7-8-15(10-12(11)2)19-9-5-6-16-13(3)17-18-14(16)4/h7-8,10H,5-6,9H2,1-4H3,(H,17,18). The number of benzene rings is 1. The zero-order valence-electron chi connectivity index (χ0n) is 12.2. The highest BCUT2D eigenvalue weighted by atomic mass is 16.5. The molecule has 2 rings (SSSR count). The molecule has 19 heavy (non-hydrogen) atoms. The number of aryl methyl sites for hydroxylation is 4. The summed E-state index contributed by atoms with van der Waals surface area (Å²) in [6.45, 7) is 9.08. The van der Waals surface area contributed by atoms with Gasteiger partial charge >= 0.3 is 0 Å². The van der Waals surface area contributed by atoms with Crippen LogP contribution < -0.4 is 4.74 Å². The van der Waals surface area contributed by atoms with Crippen molar-refractivity contribution in [3.63, 3.8) is 0 Å². The average Bonchev–Trinajstić information content (AvgIpc) is 2.70. The first-order valence-corrected chi connectivity index (χ1v) is 6.78. The van der Waals surface area contributed by atoms with Gasteiger partial charge in [0, 0.05) is 5.69 Å². The van der Waals surface area contributed by atoms with Gasteiger partial charge in [-0.15, -0.1) is 0 Å². The van der Waals surface area contributed by atoms with Crippen molar-refractivity contribution in [1.82, 2.24) is 10.2 Å². The van der Waals surface area contributed by atoms with Crippen molar-refractivity contribution < 1.29 is 4.74 Å². The molecule has 1 heterocycles. The Morgan fingerprint density at radius 3 is 2.53 bits per heavy atom. The van der Waals surface area contributed by atoms with Crippen molar-refractivity contribution in [3.05, 3.63) is 46.3 Å². The molecule has 0 atom stereocenters. The molecule has 0 radical (unpaired) electrons. The predicted molar refractivity (Wildman–Crippen MR) is 77.8 cm³/mol. The van der Waals surface area contributed by atoms with Crippen molar-refractivity contribution in [2.24, 2.45) is 0 Å². The van der Waals surface area contributed by atoms with Crippen LogP contribution in [0.25, 0.3) is 0 Å². The second-order valence-electron chi connectivity index (χ2n) is 5.11. The first-order valence-electron chi connectivity index (χ1n) is 6.78. The normalized spacial score (nSPS) is 10.7. The van der Waals surface area contributed by atoms with Gasteiger partial charge in [0.2, 0.25) is 0 Å². The van der Waals surface area contributed by atoms with E-state index < -0.39 is 0 Å². The summed E-state index contributed by atoms with van der Waals surface area (Å²) in [5.41, 5.74) is 6.17. The molecular weight excluding hydrogens is 236 g/mol. The summed E-state index contributed by atoms with van der Waals surface area (Å²) < 4.78 is 5.79. The zero-order valence-corrected chi connectivity index (χ0v) is 12.2. The van der Waals surface area contributed by atoms with Gasteiger partial charge in [0.25, 0.3) is 0 Å². The van der Waals surface area contributed by atoms with Gasteiger partial charge in [-0.2, -0.15) is 5.10 Å². The van der Waals surface area contributed by atoms with Gasteiger partial charge in [-0.05, 0) is 69.4 Å². The Kier molecular flexibility index (Phi) is 4.25. The molecule has 0 saturated heterocycles. The lowest BCUT2D eigenvalue weighted by Crippen LogP contribution is -2.01. The number of aromatic nitrogens is 2. The van der Waals surface area contributed by atoms with Crippen LogP contribution in [0.4, 0.5) is 0 Å². The lowest BCUT2D eigenvalue weighted by atomic mass is 10.1. The van der Waals surface area contributed by atoms with E-state index in [2.05, 4.69) is 43.1 Å². The lowest BCUT2D eigenvalue weighted by molar-refractivity contribution is 0.310. The maximum atomic E-state index is 5.79. The third-order valence-corrected chi connectivity index (χ3v) is 3.60. The van der Waals surface area contributed by atoms with Crippen molar-refractivity contribution in [2.45, 2.75) is 40.5 Å². The second kappa shape index (κ2) is 5.91. The summed E-state index contributed by atoms with van der Waals surface area (Å²) in [5, 5.41) is 7.23. The summed E-state index contributed by atoms with van der Waals surface area (Å²) in [7, 11) is 0. The van der Waals surface area contributed by atoms with Gasteiger partial charge in [0.15, 0.2) is 0 Å². The molecule has 0 saturated carbocycles. The number of rotatable bonds is 5. The molecule has 0 fully saturated rings. The Morgan fingerprint density at radius 1 is 1.11 bits per heavy atom. The van der Waals surface area contributed by atoms with Gasteiger partial charge in [0.1, 0.15) is 5.75 Å². The molecule has 3 heteroatoms. The van der Waals surface area contributed by atoms with Gasteiger partial charge in [-0.25, -0.2) is 0 Å². The number of nitrogens with one attached hydrogen (secondary N) is 1. The number of ether oxygens (including phenoxy) is 1. The van der Waals surface area contributed by atoms with Crippen molar-refractivity contribution in [1.29, 1.82) is 0 Å². The minimum Gasteiger partial charge on any atom is -0.494 e. The van der Waals surface area contributed by atoms with Crippen LogP contribution in [0.5, 0.6) is 5.75 Å². The number of hydrogen-bond donors (Lipinski definition) is 1. The van der Waals surface area contributed by atoms with Gasteiger partial charge in [-0.3, -0.25) is 5.10 Å². The predicted octanol–water partition coefficient (Wildman–Crippen LogP) is 3.65. The number of H-pyrrole nitrogens is 1. The van der Waals surface area contributed by atoms with Crippen LogP contribution >= 0.6 is 0 Å². The third-order valence-electron chi connectivity index (χ3n) is 3.60. The van der Waals surface area contributed by atoms with Crippen molar-refractivity contribution in [2.75, 3.05) is 6.61 Å². The van der Waals surface area contributed by atoms with Crippen LogP contribution in [0.3, 0.4) is 0 Å². The van der Waals surface area contributed by atoms with E-state index >= 15 is 0 Å². The molecule has 3 nitrogen and oxygen atoms in total. The molecule has 0 aliphatic rings. The summed E-state index contributed by atoms with van der Waals surface area (Å²) >= 11 is 0. The van der Waals surface area contributed by atoms with E-state index in [1.807, 2.05) is 13.0 Å². The molecule has 1 aromatic carbocycles. The number of aromatic amines is 1. The van der Waals surface area contributed by atoms with Crippen LogP contribution in [0.2, 0.25) is 0 Å². The Balaban J connectivity index is 1.82. The largest absolute Gasteiger partial charge is 0.494 e. The van der Waals surface area contributed by atoms with E-state index in [0.717, 1.165) is 30.9 Å². The highest BCUT2D eigenvalue weighted by Crippen LogP contribution is 2.17. The van der Waals surface area contributed by atoms with Gasteiger partial charge in [0.05, 0.1) is 12.3 Å². The smallest absolute Gasteiger partial charge is 0.119 e. The Morgan fingerprint density at radius 2 is 1.89 bits per heavy atom. The molecule has 0 unspecified atom stereocenters. The van der Waals surface area contributed by atoms with E-state index in [-0.39, 0.29) is 0 Å². The Bertz CT molecular complexity index is 538. The minimum atomic E-state index is 0.743. The monoisotopic (exact) mass is 258 g/mol. The zero-order chi connectivity index (χ0) is 13.8. The van der Waals surface area contributed by atoms with Crippen LogP contribution in [0, 0.1) is 27.7 Å². The maximum Gasteiger partial charge on any atom is 0.119 e. The van der Waals surface area contributed by atoms with Crippen LogP contribution in [-0.4, -0.2) is 16.8 Å². The number of nitrogens with zero attached hydrogens (tertiary/aromatic N) is 1. The quantitative estimate of drug-likeness (QED) is 0.831. The van der Waals surface area contributed by atoms with E-state index in [9.17, 15) is 0 Å². The van der Waals surface area contributed by atoms with E-state index in [1.165, 1.54) is 22.4 Å². The number of hydrogen-bond acceptors (Lipinski definition) is 2. The summed E-state index contributed by atoms with van der Waals surface area (Å²) in [6.07, 6.45) is 2.02. The van der Waals surface area contributed by atoms with Crippen LogP contribution in [0.1, 0.15) is 34.5 Å². The van der Waals surface area contributed by atoms with Gasteiger partial charge < -0.3 is 4.74 Å². The molecule has 1 aromatic heterocycles. The lowest BCUT2D eigenvalue weighted by Gasteiger charge is -2.08. The first kappa shape index (κ1) is 13.7. The highest BCUT2D eigenvalue weighted by molar-refractivity contribution is 5.33. The van der Waals surface area contributed by atoms with E-state index in [4.69, 9.17) is 4.74 Å². The maximum absolute atomic E-state index is 5.79. The molecular formula is C16H22N2O. The highest BCUT2D eigenvalue weighted by Gasteiger charge is 2.05. The summed E-state index contributed by atoms with van der Waals surface area (Å²) in [4.78, 5) is 0. The molecule has 0 aliphatic carbocycles. The second-order valence-corrected chi connectivity index (χ2v) is 5.11. The average molecular weight is 258 g/mol. The topological polar surface area (TPSA) is 37.9 Å². The van der Waals surface area contributed by atoms with Crippen LogP contribution in [0.15, 0.2) is 18.2 Å². The first-order chi connectivity index (χ1) is 9.08. The molecule has 102 valence electrons. The van der Waals surface area contributed by atoms with Crippen molar-refractivity contribution >= 4 is 0 Å².